The molecule has 5 nitrogen and oxygen atoms in total. The molecule has 0 heterocycles. The number of hydrogen-bond acceptors (Lipinski definition) is 3. The van der Waals surface area contributed by atoms with Crippen molar-refractivity contribution in [2.24, 2.45) is 5.10 Å². The summed E-state index contributed by atoms with van der Waals surface area (Å²) in [6, 6.07) is 19.0. The van der Waals surface area contributed by atoms with Crippen LogP contribution in [0.15, 0.2) is 71.8 Å². The van der Waals surface area contributed by atoms with Crippen molar-refractivity contribution in [3.8, 4) is 0 Å². The van der Waals surface area contributed by atoms with Gasteiger partial charge in [-0.05, 0) is 30.7 Å². The number of benzene rings is 2. The molecule has 0 saturated heterocycles. The second kappa shape index (κ2) is 9.82. The van der Waals surface area contributed by atoms with E-state index in [2.05, 4.69) is 15.8 Å². The number of anilines is 1. The fourth-order valence-corrected chi connectivity index (χ4v) is 2.00. The van der Waals surface area contributed by atoms with Crippen LogP contribution in [0.2, 0.25) is 0 Å². The van der Waals surface area contributed by atoms with Crippen molar-refractivity contribution in [3.05, 3.63) is 72.3 Å². The van der Waals surface area contributed by atoms with Gasteiger partial charge in [0, 0.05) is 18.5 Å². The van der Waals surface area contributed by atoms with Gasteiger partial charge < -0.3 is 5.32 Å². The molecule has 0 fully saturated rings. The number of nitrogens with one attached hydrogen (secondary N) is 2. The molecule has 2 rings (SSSR count). The monoisotopic (exact) mass is 335 g/mol. The highest BCUT2D eigenvalue weighted by molar-refractivity contribution is 5.97. The van der Waals surface area contributed by atoms with Gasteiger partial charge in [-0.1, -0.05) is 54.6 Å². The molecule has 0 aliphatic heterocycles. The molecule has 0 atom stereocenters. The van der Waals surface area contributed by atoms with E-state index < -0.39 is 0 Å². The van der Waals surface area contributed by atoms with Crippen LogP contribution in [0.4, 0.5) is 5.69 Å². The van der Waals surface area contributed by atoms with E-state index in [1.165, 1.54) is 0 Å². The van der Waals surface area contributed by atoms with Crippen LogP contribution in [-0.4, -0.2) is 17.5 Å². The minimum Gasteiger partial charge on any atom is -0.326 e. The molecule has 0 unspecified atom stereocenters. The summed E-state index contributed by atoms with van der Waals surface area (Å²) in [5.74, 6) is -0.498. The van der Waals surface area contributed by atoms with E-state index in [0.29, 0.717) is 11.4 Å². The topological polar surface area (TPSA) is 70.6 Å². The Hall–Kier alpha value is -3.21. The Bertz CT molecular complexity index is 753. The Labute approximate surface area is 147 Å². The van der Waals surface area contributed by atoms with Crippen molar-refractivity contribution in [1.82, 2.24) is 5.43 Å². The molecule has 0 radical (unpaired) electrons. The van der Waals surface area contributed by atoms with Gasteiger partial charge in [0.2, 0.25) is 11.8 Å². The zero-order valence-corrected chi connectivity index (χ0v) is 14.1. The molecular weight excluding hydrogens is 314 g/mol. The average molecular weight is 335 g/mol. The van der Waals surface area contributed by atoms with Crippen LogP contribution in [0.1, 0.15) is 25.3 Å². The van der Waals surface area contributed by atoms with Crippen molar-refractivity contribution in [2.45, 2.75) is 19.8 Å². The molecular formula is C20H21N3O2. The van der Waals surface area contributed by atoms with E-state index >= 15 is 0 Å². The van der Waals surface area contributed by atoms with Gasteiger partial charge in [0.1, 0.15) is 0 Å². The molecule has 0 aliphatic carbocycles. The van der Waals surface area contributed by atoms with Crippen LogP contribution < -0.4 is 10.7 Å². The van der Waals surface area contributed by atoms with Gasteiger partial charge in [0.25, 0.3) is 0 Å². The van der Waals surface area contributed by atoms with Crippen molar-refractivity contribution >= 4 is 29.3 Å². The number of hydrogen-bond donors (Lipinski definition) is 2. The quantitative estimate of drug-likeness (QED) is 0.599. The molecule has 2 aromatic carbocycles. The Morgan fingerprint density at radius 1 is 0.920 bits per heavy atom. The van der Waals surface area contributed by atoms with Gasteiger partial charge in [-0.25, -0.2) is 5.43 Å². The molecule has 5 heteroatoms. The highest BCUT2D eigenvalue weighted by atomic mass is 16.2. The molecule has 0 aliphatic rings. The maximum Gasteiger partial charge on any atom is 0.240 e. The van der Waals surface area contributed by atoms with Crippen LogP contribution in [0.3, 0.4) is 0 Å². The summed E-state index contributed by atoms with van der Waals surface area (Å²) in [5, 5.41) is 6.73. The molecule has 25 heavy (non-hydrogen) atoms. The van der Waals surface area contributed by atoms with E-state index in [0.717, 1.165) is 5.56 Å². The molecule has 0 bridgehead atoms. The Kier molecular flexibility index (Phi) is 7.13. The lowest BCUT2D eigenvalue weighted by Gasteiger charge is -2.04. The summed E-state index contributed by atoms with van der Waals surface area (Å²) in [5.41, 5.74) is 4.90. The lowest BCUT2D eigenvalue weighted by Crippen LogP contribution is -2.21. The predicted molar refractivity (Wildman–Crippen MR) is 101 cm³/mol. The highest BCUT2D eigenvalue weighted by Crippen LogP contribution is 2.06. The van der Waals surface area contributed by atoms with E-state index in [9.17, 15) is 9.59 Å². The maximum absolute atomic E-state index is 11.8. The number of carbonyl (C=O) groups excluding carboxylic acids is 2. The second-order valence-corrected chi connectivity index (χ2v) is 5.45. The maximum atomic E-state index is 11.8. The molecule has 2 amide bonds. The third-order valence-corrected chi connectivity index (χ3v) is 3.31. The number of para-hydroxylation sites is 1. The smallest absolute Gasteiger partial charge is 0.240 e. The number of carbonyl (C=O) groups is 2. The highest BCUT2D eigenvalue weighted by Gasteiger charge is 2.06. The van der Waals surface area contributed by atoms with Gasteiger partial charge in [-0.2, -0.15) is 5.10 Å². The molecule has 0 aromatic heterocycles. The molecule has 0 saturated carbocycles. The van der Waals surface area contributed by atoms with Crippen LogP contribution >= 0.6 is 0 Å². The van der Waals surface area contributed by atoms with E-state index in [-0.39, 0.29) is 24.7 Å². The summed E-state index contributed by atoms with van der Waals surface area (Å²) in [6.07, 6.45) is 3.92. The van der Waals surface area contributed by atoms with Gasteiger partial charge in [-0.3, -0.25) is 9.59 Å². The van der Waals surface area contributed by atoms with Crippen molar-refractivity contribution in [1.29, 1.82) is 0 Å². The molecule has 2 N–H and O–H groups in total. The fraction of sp³-hybridized carbons (Fsp3) is 0.150. The first kappa shape index (κ1) is 18.1. The Morgan fingerprint density at radius 2 is 1.52 bits per heavy atom. The van der Waals surface area contributed by atoms with E-state index in [1.54, 1.807) is 19.1 Å². The predicted octanol–water partition coefficient (Wildman–Crippen LogP) is 3.61. The number of nitrogens with zero attached hydrogens (tertiary/aromatic N) is 1. The molecule has 0 spiro atoms. The Balaban J connectivity index is 1.72. The lowest BCUT2D eigenvalue weighted by molar-refractivity contribution is -0.124. The minimum absolute atomic E-state index is 0.0812. The zero-order valence-electron chi connectivity index (χ0n) is 14.1. The number of hydrazone groups is 1. The third kappa shape index (κ3) is 7.26. The van der Waals surface area contributed by atoms with Gasteiger partial charge >= 0.3 is 0 Å². The van der Waals surface area contributed by atoms with E-state index in [1.807, 2.05) is 60.7 Å². The minimum atomic E-state index is -0.296. The first-order chi connectivity index (χ1) is 12.1. The standard InChI is InChI=1S/C20H21N3O2/c1-16(12-13-17-8-4-2-5-9-17)22-23-20(25)15-14-19(24)21-18-10-6-3-7-11-18/h2-13H,14-15H2,1H3,(H,21,24)(H,23,25)/b13-12+,22-16+. The van der Waals surface area contributed by atoms with Gasteiger partial charge in [0.15, 0.2) is 0 Å². The van der Waals surface area contributed by atoms with Crippen LogP contribution in [0.5, 0.6) is 0 Å². The number of allylic oxidation sites excluding steroid dienone is 1. The van der Waals surface area contributed by atoms with Crippen molar-refractivity contribution in [2.75, 3.05) is 5.32 Å². The largest absolute Gasteiger partial charge is 0.326 e. The van der Waals surface area contributed by atoms with E-state index in [4.69, 9.17) is 0 Å². The summed E-state index contributed by atoms with van der Waals surface area (Å²) in [7, 11) is 0. The van der Waals surface area contributed by atoms with Gasteiger partial charge in [-0.15, -0.1) is 0 Å². The van der Waals surface area contributed by atoms with Crippen molar-refractivity contribution < 1.29 is 9.59 Å². The van der Waals surface area contributed by atoms with Crippen LogP contribution in [-0.2, 0) is 9.59 Å². The lowest BCUT2D eigenvalue weighted by atomic mass is 10.2. The zero-order chi connectivity index (χ0) is 17.9. The SMILES string of the molecule is CC(/C=C/c1ccccc1)=N\NC(=O)CCC(=O)Nc1ccccc1. The number of amides is 2. The summed E-state index contributed by atoms with van der Waals surface area (Å²) >= 11 is 0. The summed E-state index contributed by atoms with van der Waals surface area (Å²) < 4.78 is 0. The normalized spacial score (nSPS) is 11.3. The second-order valence-electron chi connectivity index (χ2n) is 5.45. The van der Waals surface area contributed by atoms with Crippen LogP contribution in [0, 0.1) is 0 Å². The average Bonchev–Trinajstić information content (AvgIpc) is 2.64. The van der Waals surface area contributed by atoms with Crippen LogP contribution in [0.25, 0.3) is 6.08 Å². The van der Waals surface area contributed by atoms with Crippen molar-refractivity contribution in [3.63, 3.8) is 0 Å². The Morgan fingerprint density at radius 3 is 2.20 bits per heavy atom. The summed E-state index contributed by atoms with van der Waals surface area (Å²) in [6.45, 7) is 1.79. The summed E-state index contributed by atoms with van der Waals surface area (Å²) in [4.78, 5) is 23.5. The number of rotatable bonds is 7. The van der Waals surface area contributed by atoms with Gasteiger partial charge in [0.05, 0.1) is 5.71 Å². The molecule has 128 valence electrons. The first-order valence-corrected chi connectivity index (χ1v) is 8.04. The fourth-order valence-electron chi connectivity index (χ4n) is 2.00. The third-order valence-electron chi connectivity index (χ3n) is 3.31. The first-order valence-electron chi connectivity index (χ1n) is 8.04. The molecule has 2 aromatic rings.